The highest BCUT2D eigenvalue weighted by Gasteiger charge is 2.59. The van der Waals surface area contributed by atoms with Crippen LogP contribution >= 0.6 is 0 Å². The van der Waals surface area contributed by atoms with Crippen molar-refractivity contribution >= 4 is 5.91 Å². The Labute approximate surface area is 174 Å². The summed E-state index contributed by atoms with van der Waals surface area (Å²) in [6.45, 7) is 5.68. The van der Waals surface area contributed by atoms with Crippen LogP contribution in [0.5, 0.6) is 11.5 Å². The van der Waals surface area contributed by atoms with Crippen molar-refractivity contribution in [2.75, 3.05) is 13.7 Å². The molecule has 2 atom stereocenters. The molecule has 0 heterocycles. The lowest BCUT2D eigenvalue weighted by atomic mass is 9.43. The van der Waals surface area contributed by atoms with Crippen LogP contribution in [-0.2, 0) is 11.3 Å². The monoisotopic (exact) mass is 407 g/mol. The van der Waals surface area contributed by atoms with Gasteiger partial charge in [-0.2, -0.15) is 0 Å². The van der Waals surface area contributed by atoms with Crippen LogP contribution in [0, 0.1) is 16.7 Å². The van der Waals surface area contributed by atoms with Crippen molar-refractivity contribution in [3.8, 4) is 11.5 Å². The Balaban J connectivity index is 0.00000225. The molecule has 1 aromatic carbocycles. The van der Waals surface area contributed by atoms with E-state index >= 15 is 0 Å². The van der Waals surface area contributed by atoms with Crippen molar-refractivity contribution in [1.82, 2.24) is 5.32 Å². The van der Waals surface area contributed by atoms with Gasteiger partial charge in [0.05, 0.1) is 7.11 Å². The number of hydrogen-bond acceptors (Lipinski definition) is 4. The average molecular weight is 408 g/mol. The second-order valence-electron chi connectivity index (χ2n) is 10.0. The first-order valence-electron chi connectivity index (χ1n) is 10.1. The molecule has 6 heteroatoms. The molecule has 2 unspecified atom stereocenters. The second kappa shape index (κ2) is 7.42. The van der Waals surface area contributed by atoms with Crippen LogP contribution in [0.15, 0.2) is 18.2 Å². The fourth-order valence-electron chi connectivity index (χ4n) is 7.02. The van der Waals surface area contributed by atoms with Gasteiger partial charge < -0.3 is 32.9 Å². The predicted octanol–water partition coefficient (Wildman–Crippen LogP) is 0.402. The molecule has 5 rings (SSSR count). The number of carbonyl (C=O) groups is 1. The number of rotatable bonds is 7. The maximum absolute atomic E-state index is 10.9. The molecule has 4 aliphatic carbocycles. The third-order valence-corrected chi connectivity index (χ3v) is 6.89. The van der Waals surface area contributed by atoms with E-state index in [0.29, 0.717) is 22.3 Å². The summed E-state index contributed by atoms with van der Waals surface area (Å²) in [4.78, 5) is 10.9. The summed E-state index contributed by atoms with van der Waals surface area (Å²) in [5, 5.41) is 3.94. The van der Waals surface area contributed by atoms with Crippen molar-refractivity contribution in [2.24, 2.45) is 22.5 Å². The number of nitrogens with two attached hydrogens (primary N) is 1. The standard InChI is InChI=1S/C22H32N2O3.ClH/c1-20-7-16-8-21(2,12-20)14-22(9-16,13-20)24-10-15-4-5-17(18(6-15)26-3)27-11-19(23)25;/h4-6,16,24H,7-14H2,1-3H3,(H2,23,25);1H/p-1. The third-order valence-electron chi connectivity index (χ3n) is 6.89. The zero-order valence-corrected chi connectivity index (χ0v) is 17.9. The van der Waals surface area contributed by atoms with E-state index in [4.69, 9.17) is 15.2 Å². The molecule has 28 heavy (non-hydrogen) atoms. The van der Waals surface area contributed by atoms with Gasteiger partial charge >= 0.3 is 0 Å². The van der Waals surface area contributed by atoms with E-state index in [1.54, 1.807) is 7.11 Å². The van der Waals surface area contributed by atoms with Gasteiger partial charge in [-0.3, -0.25) is 4.79 Å². The van der Waals surface area contributed by atoms with E-state index in [2.05, 4.69) is 19.2 Å². The first-order valence-corrected chi connectivity index (χ1v) is 10.1. The molecule has 3 N–H and O–H groups in total. The van der Waals surface area contributed by atoms with E-state index in [1.165, 1.54) is 44.1 Å². The fourth-order valence-corrected chi connectivity index (χ4v) is 7.02. The lowest BCUT2D eigenvalue weighted by Gasteiger charge is -2.65. The van der Waals surface area contributed by atoms with Gasteiger partial charge in [0.2, 0.25) is 0 Å². The molecule has 4 fully saturated rings. The minimum absolute atomic E-state index is 0. The van der Waals surface area contributed by atoms with Crippen molar-refractivity contribution in [3.05, 3.63) is 23.8 Å². The van der Waals surface area contributed by atoms with E-state index in [-0.39, 0.29) is 24.6 Å². The summed E-state index contributed by atoms with van der Waals surface area (Å²) in [5.41, 5.74) is 7.62. The van der Waals surface area contributed by atoms with Gasteiger partial charge in [0.25, 0.3) is 5.91 Å². The largest absolute Gasteiger partial charge is 1.00 e. The minimum atomic E-state index is -0.494. The van der Waals surface area contributed by atoms with E-state index in [1.807, 2.05) is 18.2 Å². The lowest BCUT2D eigenvalue weighted by molar-refractivity contribution is -0.120. The van der Waals surface area contributed by atoms with Crippen LogP contribution in [0.3, 0.4) is 0 Å². The Morgan fingerprint density at radius 2 is 1.82 bits per heavy atom. The number of primary amides is 1. The molecule has 0 spiro atoms. The first kappa shape index (κ1) is 21.3. The molecule has 4 bridgehead atoms. The van der Waals surface area contributed by atoms with Crippen LogP contribution in [0.1, 0.15) is 57.9 Å². The van der Waals surface area contributed by atoms with Crippen molar-refractivity contribution in [3.63, 3.8) is 0 Å². The number of carbonyl (C=O) groups excluding carboxylic acids is 1. The molecule has 1 amide bonds. The van der Waals surface area contributed by atoms with Crippen LogP contribution < -0.4 is 32.9 Å². The summed E-state index contributed by atoms with van der Waals surface area (Å²) < 4.78 is 10.9. The van der Waals surface area contributed by atoms with E-state index in [9.17, 15) is 4.79 Å². The highest BCUT2D eigenvalue weighted by atomic mass is 35.5. The van der Waals surface area contributed by atoms with Gasteiger partial charge in [-0.1, -0.05) is 19.9 Å². The number of ether oxygens (including phenoxy) is 2. The Kier molecular flexibility index (Phi) is 5.63. The van der Waals surface area contributed by atoms with Crippen LogP contribution in [0.25, 0.3) is 0 Å². The minimum Gasteiger partial charge on any atom is -1.00 e. The Hall–Kier alpha value is -1.46. The highest BCUT2D eigenvalue weighted by Crippen LogP contribution is 2.66. The number of benzene rings is 1. The topological polar surface area (TPSA) is 73.6 Å². The summed E-state index contributed by atoms with van der Waals surface area (Å²) in [7, 11) is 1.62. The normalized spacial score (nSPS) is 35.3. The number of nitrogens with one attached hydrogen (secondary N) is 1. The van der Waals surface area contributed by atoms with Crippen molar-refractivity contribution in [1.29, 1.82) is 0 Å². The summed E-state index contributed by atoms with van der Waals surface area (Å²) in [6, 6.07) is 5.89. The van der Waals surface area contributed by atoms with Crippen molar-refractivity contribution in [2.45, 2.75) is 64.5 Å². The number of halogens is 1. The second-order valence-corrected chi connectivity index (χ2v) is 10.0. The molecule has 1 aromatic rings. The quantitative estimate of drug-likeness (QED) is 0.686. The van der Waals surface area contributed by atoms with Crippen LogP contribution in [-0.4, -0.2) is 25.2 Å². The van der Waals surface area contributed by atoms with Gasteiger partial charge in [-0.05, 0) is 73.0 Å². The smallest absolute Gasteiger partial charge is 0.255 e. The maximum atomic E-state index is 10.9. The van der Waals surface area contributed by atoms with Gasteiger partial charge in [-0.25, -0.2) is 0 Å². The Morgan fingerprint density at radius 1 is 1.14 bits per heavy atom. The Bertz CT molecular complexity index is 735. The summed E-state index contributed by atoms with van der Waals surface area (Å²) in [5.74, 6) is 1.57. The Morgan fingerprint density at radius 3 is 2.39 bits per heavy atom. The first-order chi connectivity index (χ1) is 12.7. The molecular weight excluding hydrogens is 376 g/mol. The lowest BCUT2D eigenvalue weighted by Crippen LogP contribution is -3.00. The average Bonchev–Trinajstić information content (AvgIpc) is 2.55. The zero-order chi connectivity index (χ0) is 19.3. The van der Waals surface area contributed by atoms with E-state index in [0.717, 1.165) is 12.5 Å². The molecule has 5 nitrogen and oxygen atoms in total. The molecule has 156 valence electrons. The number of hydrogen-bond donors (Lipinski definition) is 2. The maximum Gasteiger partial charge on any atom is 0.255 e. The van der Waals surface area contributed by atoms with Crippen molar-refractivity contribution < 1.29 is 26.7 Å². The van der Waals surface area contributed by atoms with Crippen LogP contribution in [0.2, 0.25) is 0 Å². The van der Waals surface area contributed by atoms with E-state index < -0.39 is 5.91 Å². The summed E-state index contributed by atoms with van der Waals surface area (Å²) in [6.07, 6.45) is 8.11. The van der Waals surface area contributed by atoms with Crippen LogP contribution in [0.4, 0.5) is 0 Å². The molecule has 4 aliphatic rings. The molecular formula is C22H32ClN2O3-. The third kappa shape index (κ3) is 4.11. The number of methoxy groups -OCH3 is 1. The highest BCUT2D eigenvalue weighted by molar-refractivity contribution is 5.75. The molecule has 0 aliphatic heterocycles. The van der Waals surface area contributed by atoms with Gasteiger partial charge in [-0.15, -0.1) is 0 Å². The predicted molar refractivity (Wildman–Crippen MR) is 105 cm³/mol. The summed E-state index contributed by atoms with van der Waals surface area (Å²) >= 11 is 0. The fraction of sp³-hybridized carbons (Fsp3) is 0.682. The molecule has 0 aromatic heterocycles. The zero-order valence-electron chi connectivity index (χ0n) is 17.1. The SMILES string of the molecule is COc1cc(CNC23CC4CC(C)(CC(C)(C4)C2)C3)ccc1OCC(N)=O.[Cl-]. The van der Waals surface area contributed by atoms with Gasteiger partial charge in [0.15, 0.2) is 18.1 Å². The number of amides is 1. The van der Waals surface area contributed by atoms with Gasteiger partial charge in [0.1, 0.15) is 0 Å². The van der Waals surface area contributed by atoms with Gasteiger partial charge in [0, 0.05) is 12.1 Å². The molecule has 4 saturated carbocycles. The molecule has 0 radical (unpaired) electrons. The molecule has 0 saturated heterocycles.